The van der Waals surface area contributed by atoms with Gasteiger partial charge in [0.05, 0.1) is 11.3 Å². The van der Waals surface area contributed by atoms with Crippen molar-refractivity contribution in [2.45, 2.75) is 19.8 Å². The molecule has 108 valence electrons. The van der Waals surface area contributed by atoms with Crippen molar-refractivity contribution in [3.63, 3.8) is 0 Å². The number of hydrogen-bond acceptors (Lipinski definition) is 4. The van der Waals surface area contributed by atoms with E-state index in [1.165, 1.54) is 23.5 Å². The maximum Gasteiger partial charge on any atom is 0.205 e. The van der Waals surface area contributed by atoms with Crippen LogP contribution < -0.4 is 0 Å². The van der Waals surface area contributed by atoms with E-state index < -0.39 is 18.0 Å². The predicted molar refractivity (Wildman–Crippen MR) is 78.2 cm³/mol. The molecule has 21 heavy (non-hydrogen) atoms. The Morgan fingerprint density at radius 2 is 1.90 bits per heavy atom. The number of carbonyl (C=O) groups is 3. The zero-order chi connectivity index (χ0) is 15.4. The number of Topliss-reactive ketones (excluding diaryl/α,β-unsaturated/α-hetero) is 3. The van der Waals surface area contributed by atoms with Crippen LogP contribution in [0.25, 0.3) is 0 Å². The minimum absolute atomic E-state index is 0.299. The SMILES string of the molecule is CC(=O)C(=O)CC(=O)c1ccc(Cc2cccc(F)c2)s1. The lowest BCUT2D eigenvalue weighted by atomic mass is 10.1. The van der Waals surface area contributed by atoms with Crippen LogP contribution in [0.2, 0.25) is 0 Å². The minimum atomic E-state index is -0.680. The highest BCUT2D eigenvalue weighted by atomic mass is 32.1. The molecule has 5 heteroatoms. The molecule has 1 heterocycles. The molecule has 0 amide bonds. The van der Waals surface area contributed by atoms with E-state index in [-0.39, 0.29) is 11.6 Å². The quantitative estimate of drug-likeness (QED) is 0.468. The molecule has 0 bridgehead atoms. The molecular formula is C16H13FO3S. The Morgan fingerprint density at radius 3 is 2.57 bits per heavy atom. The molecule has 0 N–H and O–H groups in total. The molecule has 2 aromatic rings. The van der Waals surface area contributed by atoms with Gasteiger partial charge in [-0.3, -0.25) is 14.4 Å². The van der Waals surface area contributed by atoms with Crippen molar-refractivity contribution in [2.75, 3.05) is 0 Å². The predicted octanol–water partition coefficient (Wildman–Crippen LogP) is 3.21. The van der Waals surface area contributed by atoms with E-state index in [1.807, 2.05) is 6.07 Å². The first-order chi connectivity index (χ1) is 9.95. The van der Waals surface area contributed by atoms with Crippen molar-refractivity contribution in [3.8, 4) is 0 Å². The van der Waals surface area contributed by atoms with Gasteiger partial charge in [-0.1, -0.05) is 12.1 Å². The van der Waals surface area contributed by atoms with Crippen LogP contribution in [0.3, 0.4) is 0 Å². The normalized spacial score (nSPS) is 10.4. The van der Waals surface area contributed by atoms with E-state index in [2.05, 4.69) is 0 Å². The van der Waals surface area contributed by atoms with Gasteiger partial charge in [-0.15, -0.1) is 11.3 Å². The van der Waals surface area contributed by atoms with E-state index in [0.29, 0.717) is 11.3 Å². The molecule has 0 aliphatic heterocycles. The van der Waals surface area contributed by atoms with Gasteiger partial charge in [-0.05, 0) is 29.8 Å². The molecule has 0 aliphatic rings. The standard InChI is InChI=1S/C16H13FO3S/c1-10(18)14(19)9-15(20)16-6-5-13(21-16)8-11-3-2-4-12(17)7-11/h2-7H,8-9H2,1H3. The summed E-state index contributed by atoms with van der Waals surface area (Å²) in [4.78, 5) is 35.3. The summed E-state index contributed by atoms with van der Waals surface area (Å²) in [5, 5.41) is 0. The molecule has 0 unspecified atom stereocenters. The maximum absolute atomic E-state index is 13.1. The van der Waals surface area contributed by atoms with E-state index in [1.54, 1.807) is 18.2 Å². The van der Waals surface area contributed by atoms with E-state index in [4.69, 9.17) is 0 Å². The zero-order valence-electron chi connectivity index (χ0n) is 11.4. The van der Waals surface area contributed by atoms with Crippen LogP contribution >= 0.6 is 11.3 Å². The molecule has 0 aliphatic carbocycles. The smallest absolute Gasteiger partial charge is 0.205 e. The van der Waals surface area contributed by atoms with Gasteiger partial charge in [-0.2, -0.15) is 0 Å². The Balaban J connectivity index is 2.06. The summed E-state index contributed by atoms with van der Waals surface area (Å²) in [6.45, 7) is 1.15. The fraction of sp³-hybridized carbons (Fsp3) is 0.188. The molecule has 1 aromatic carbocycles. The second-order valence-electron chi connectivity index (χ2n) is 4.65. The number of carbonyl (C=O) groups excluding carboxylic acids is 3. The van der Waals surface area contributed by atoms with Gasteiger partial charge < -0.3 is 0 Å². The van der Waals surface area contributed by atoms with Crippen LogP contribution in [0.15, 0.2) is 36.4 Å². The van der Waals surface area contributed by atoms with Gasteiger partial charge in [-0.25, -0.2) is 4.39 Å². The monoisotopic (exact) mass is 304 g/mol. The summed E-state index contributed by atoms with van der Waals surface area (Å²) in [6, 6.07) is 9.68. The fourth-order valence-electron chi connectivity index (χ4n) is 1.83. The maximum atomic E-state index is 13.1. The van der Waals surface area contributed by atoms with Crippen molar-refractivity contribution in [1.82, 2.24) is 0 Å². The number of halogens is 1. The van der Waals surface area contributed by atoms with Crippen LogP contribution in [0, 0.1) is 5.82 Å². The number of benzene rings is 1. The highest BCUT2D eigenvalue weighted by Gasteiger charge is 2.17. The molecule has 0 fully saturated rings. The van der Waals surface area contributed by atoms with Crippen molar-refractivity contribution in [3.05, 3.63) is 57.5 Å². The number of rotatable bonds is 6. The highest BCUT2D eigenvalue weighted by Crippen LogP contribution is 2.21. The lowest BCUT2D eigenvalue weighted by Crippen LogP contribution is -2.14. The summed E-state index contributed by atoms with van der Waals surface area (Å²) >= 11 is 1.26. The van der Waals surface area contributed by atoms with Crippen molar-refractivity contribution in [2.24, 2.45) is 0 Å². The highest BCUT2D eigenvalue weighted by molar-refractivity contribution is 7.14. The second-order valence-corrected chi connectivity index (χ2v) is 5.82. The van der Waals surface area contributed by atoms with E-state index >= 15 is 0 Å². The van der Waals surface area contributed by atoms with Crippen LogP contribution in [0.1, 0.15) is 33.5 Å². The molecule has 0 radical (unpaired) electrons. The number of hydrogen-bond donors (Lipinski definition) is 0. The Labute approximate surface area is 125 Å². The van der Waals surface area contributed by atoms with Gasteiger partial charge in [0.15, 0.2) is 11.6 Å². The van der Waals surface area contributed by atoms with Gasteiger partial charge in [0.25, 0.3) is 0 Å². The average Bonchev–Trinajstić information content (AvgIpc) is 2.87. The Morgan fingerprint density at radius 1 is 1.14 bits per heavy atom. The van der Waals surface area contributed by atoms with Gasteiger partial charge in [0, 0.05) is 18.2 Å². The first kappa shape index (κ1) is 15.3. The van der Waals surface area contributed by atoms with Crippen molar-refractivity contribution < 1.29 is 18.8 Å². The van der Waals surface area contributed by atoms with E-state index in [9.17, 15) is 18.8 Å². The fourth-order valence-corrected chi connectivity index (χ4v) is 2.81. The molecule has 0 saturated heterocycles. The minimum Gasteiger partial charge on any atom is -0.293 e. The van der Waals surface area contributed by atoms with Crippen LogP contribution in [-0.4, -0.2) is 17.3 Å². The Bertz CT molecular complexity index is 703. The van der Waals surface area contributed by atoms with Gasteiger partial charge in [0.1, 0.15) is 5.82 Å². The lowest BCUT2D eigenvalue weighted by molar-refractivity contribution is -0.134. The lowest BCUT2D eigenvalue weighted by Gasteiger charge is -1.98. The Kier molecular flexibility index (Phi) is 4.75. The third-order valence-corrected chi connectivity index (χ3v) is 4.04. The second kappa shape index (κ2) is 6.54. The van der Waals surface area contributed by atoms with Crippen LogP contribution in [0.4, 0.5) is 4.39 Å². The topological polar surface area (TPSA) is 51.2 Å². The van der Waals surface area contributed by atoms with Crippen molar-refractivity contribution >= 4 is 28.7 Å². The number of thiophene rings is 1. The van der Waals surface area contributed by atoms with E-state index in [0.717, 1.165) is 17.4 Å². The molecule has 0 atom stereocenters. The van der Waals surface area contributed by atoms with Crippen LogP contribution in [-0.2, 0) is 16.0 Å². The largest absolute Gasteiger partial charge is 0.293 e. The van der Waals surface area contributed by atoms with Crippen LogP contribution in [0.5, 0.6) is 0 Å². The molecule has 3 nitrogen and oxygen atoms in total. The zero-order valence-corrected chi connectivity index (χ0v) is 12.2. The van der Waals surface area contributed by atoms with Gasteiger partial charge >= 0.3 is 0 Å². The average molecular weight is 304 g/mol. The summed E-state index contributed by atoms with van der Waals surface area (Å²) in [7, 11) is 0. The number of ketones is 3. The summed E-state index contributed by atoms with van der Waals surface area (Å²) in [6.07, 6.45) is 0.131. The first-order valence-corrected chi connectivity index (χ1v) is 7.17. The first-order valence-electron chi connectivity index (χ1n) is 6.36. The summed E-state index contributed by atoms with van der Waals surface area (Å²) in [5.41, 5.74) is 0.815. The third-order valence-electron chi connectivity index (χ3n) is 2.92. The third kappa shape index (κ3) is 4.16. The summed E-state index contributed by atoms with van der Waals surface area (Å²) in [5.74, 6) is -1.95. The van der Waals surface area contributed by atoms with Crippen molar-refractivity contribution in [1.29, 1.82) is 0 Å². The Hall–Kier alpha value is -2.14. The molecular weight excluding hydrogens is 291 g/mol. The molecule has 2 rings (SSSR count). The van der Waals surface area contributed by atoms with Gasteiger partial charge in [0.2, 0.25) is 5.78 Å². The molecule has 0 spiro atoms. The molecule has 0 saturated carbocycles. The summed E-state index contributed by atoms with van der Waals surface area (Å²) < 4.78 is 13.1. The molecule has 1 aromatic heterocycles.